The summed E-state index contributed by atoms with van der Waals surface area (Å²) in [6.45, 7) is 2.96. The van der Waals surface area contributed by atoms with E-state index in [9.17, 15) is 27.9 Å². The lowest BCUT2D eigenvalue weighted by Crippen LogP contribution is -2.51. The van der Waals surface area contributed by atoms with Crippen molar-refractivity contribution in [1.29, 1.82) is 0 Å². The molecule has 0 saturated heterocycles. The van der Waals surface area contributed by atoms with Crippen molar-refractivity contribution >= 4 is 23.2 Å². The Balaban J connectivity index is 2.05. The van der Waals surface area contributed by atoms with Gasteiger partial charge in [-0.05, 0) is 17.4 Å². The van der Waals surface area contributed by atoms with Crippen LogP contribution in [0.5, 0.6) is 0 Å². The predicted octanol–water partition coefficient (Wildman–Crippen LogP) is 2.19. The van der Waals surface area contributed by atoms with E-state index in [1.165, 1.54) is 24.6 Å². The zero-order valence-electron chi connectivity index (χ0n) is 16.2. The fraction of sp³-hybridized carbons (Fsp3) is 0.500. The van der Waals surface area contributed by atoms with Crippen molar-refractivity contribution in [3.63, 3.8) is 0 Å². The summed E-state index contributed by atoms with van der Waals surface area (Å²) in [6.07, 6.45) is -3.36. The number of hydrogen-bond acceptors (Lipinski definition) is 5. The van der Waals surface area contributed by atoms with Gasteiger partial charge in [0, 0.05) is 32.4 Å². The quantitative estimate of drug-likeness (QED) is 0.596. The van der Waals surface area contributed by atoms with Crippen LogP contribution in [0.15, 0.2) is 29.9 Å². The molecule has 0 spiro atoms. The van der Waals surface area contributed by atoms with Crippen molar-refractivity contribution in [3.8, 4) is 0 Å². The Morgan fingerprint density at radius 2 is 2.03 bits per heavy atom. The molecule has 0 aromatic carbocycles. The van der Waals surface area contributed by atoms with Gasteiger partial charge >= 0.3 is 6.18 Å². The number of aryl methyl sites for hydroxylation is 1. The number of aromatic nitrogens is 2. The minimum Gasteiger partial charge on any atom is -0.374 e. The molecule has 0 aliphatic carbocycles. The van der Waals surface area contributed by atoms with Gasteiger partial charge in [-0.15, -0.1) is 11.3 Å². The predicted molar refractivity (Wildman–Crippen MR) is 101 cm³/mol. The van der Waals surface area contributed by atoms with E-state index in [2.05, 4.69) is 15.6 Å². The third kappa shape index (κ3) is 5.15. The highest BCUT2D eigenvalue weighted by atomic mass is 32.1. The van der Waals surface area contributed by atoms with Crippen molar-refractivity contribution in [2.75, 3.05) is 6.54 Å². The van der Waals surface area contributed by atoms with Gasteiger partial charge in [0.05, 0.1) is 4.88 Å². The molecule has 2 aromatic heterocycles. The van der Waals surface area contributed by atoms with E-state index in [-0.39, 0.29) is 5.92 Å². The van der Waals surface area contributed by atoms with Crippen molar-refractivity contribution < 1.29 is 27.9 Å². The lowest BCUT2D eigenvalue weighted by molar-refractivity contribution is -0.272. The SMILES string of the molecule is CC(C)C(NC(=O)c1cccs1)C(=O)NCCC(O)(c1nccn1C)C(F)(F)F. The maximum Gasteiger partial charge on any atom is 0.424 e. The first-order chi connectivity index (χ1) is 13.5. The number of rotatable bonds is 8. The third-order valence-corrected chi connectivity index (χ3v) is 5.30. The summed E-state index contributed by atoms with van der Waals surface area (Å²) >= 11 is 1.21. The molecule has 29 heavy (non-hydrogen) atoms. The minimum atomic E-state index is -4.98. The van der Waals surface area contributed by atoms with E-state index in [1.807, 2.05) is 0 Å². The van der Waals surface area contributed by atoms with Gasteiger partial charge in [-0.25, -0.2) is 4.98 Å². The van der Waals surface area contributed by atoms with Crippen LogP contribution in [0.25, 0.3) is 0 Å². The van der Waals surface area contributed by atoms with Crippen molar-refractivity contribution in [2.24, 2.45) is 13.0 Å². The molecule has 0 radical (unpaired) electrons. The second kappa shape index (κ2) is 8.95. The zero-order valence-corrected chi connectivity index (χ0v) is 17.0. The molecule has 2 amide bonds. The van der Waals surface area contributed by atoms with Gasteiger partial charge in [-0.2, -0.15) is 13.2 Å². The summed E-state index contributed by atoms with van der Waals surface area (Å²) in [5.74, 6) is -1.93. The molecular formula is C18H23F3N4O3S. The van der Waals surface area contributed by atoms with Crippen LogP contribution in [-0.4, -0.2) is 45.2 Å². The number of aliphatic hydroxyl groups is 1. The lowest BCUT2D eigenvalue weighted by atomic mass is 9.97. The Labute approximate surface area is 169 Å². The molecule has 2 heterocycles. The highest BCUT2D eigenvalue weighted by Gasteiger charge is 2.57. The highest BCUT2D eigenvalue weighted by molar-refractivity contribution is 7.12. The summed E-state index contributed by atoms with van der Waals surface area (Å²) in [5.41, 5.74) is -3.22. The maximum absolute atomic E-state index is 13.5. The average Bonchev–Trinajstić information content (AvgIpc) is 3.29. The summed E-state index contributed by atoms with van der Waals surface area (Å²) in [6, 6.07) is 2.36. The minimum absolute atomic E-state index is 0.296. The van der Waals surface area contributed by atoms with E-state index in [0.29, 0.717) is 4.88 Å². The van der Waals surface area contributed by atoms with Gasteiger partial charge in [-0.1, -0.05) is 19.9 Å². The number of hydrogen-bond donors (Lipinski definition) is 3. The van der Waals surface area contributed by atoms with Crippen molar-refractivity contribution in [3.05, 3.63) is 40.6 Å². The first kappa shape index (κ1) is 22.9. The monoisotopic (exact) mass is 432 g/mol. The van der Waals surface area contributed by atoms with Crippen LogP contribution in [0, 0.1) is 5.92 Å². The number of amides is 2. The topological polar surface area (TPSA) is 96.2 Å². The molecule has 2 unspecified atom stereocenters. The van der Waals surface area contributed by atoms with E-state index in [0.717, 1.165) is 10.8 Å². The third-order valence-electron chi connectivity index (χ3n) is 4.43. The second-order valence-electron chi connectivity index (χ2n) is 6.93. The number of halogens is 3. The molecule has 2 atom stereocenters. The molecule has 0 aliphatic rings. The van der Waals surface area contributed by atoms with Crippen LogP contribution >= 0.6 is 11.3 Å². The first-order valence-corrected chi connectivity index (χ1v) is 9.74. The first-order valence-electron chi connectivity index (χ1n) is 8.86. The number of thiophene rings is 1. The molecule has 2 aromatic rings. The largest absolute Gasteiger partial charge is 0.424 e. The number of carbonyl (C=O) groups excluding carboxylic acids is 2. The number of nitrogens with one attached hydrogen (secondary N) is 2. The van der Waals surface area contributed by atoms with Gasteiger partial charge in [0.15, 0.2) is 0 Å². The fourth-order valence-electron chi connectivity index (χ4n) is 2.78. The second-order valence-corrected chi connectivity index (χ2v) is 7.88. The molecular weight excluding hydrogens is 409 g/mol. The van der Waals surface area contributed by atoms with E-state index >= 15 is 0 Å². The van der Waals surface area contributed by atoms with Gasteiger partial charge < -0.3 is 20.3 Å². The van der Waals surface area contributed by atoms with E-state index in [1.54, 1.807) is 31.4 Å². The van der Waals surface area contributed by atoms with Crippen LogP contribution in [0.4, 0.5) is 13.2 Å². The normalized spacial score (nSPS) is 15.0. The Bertz CT molecular complexity index is 836. The van der Waals surface area contributed by atoms with Crippen molar-refractivity contribution in [1.82, 2.24) is 20.2 Å². The molecule has 3 N–H and O–H groups in total. The van der Waals surface area contributed by atoms with Crippen LogP contribution in [0.1, 0.15) is 35.8 Å². The van der Waals surface area contributed by atoms with Gasteiger partial charge in [-0.3, -0.25) is 9.59 Å². The Kier molecular flexibility index (Phi) is 7.06. The number of alkyl halides is 3. The molecule has 0 aliphatic heterocycles. The zero-order chi connectivity index (χ0) is 21.8. The summed E-state index contributed by atoms with van der Waals surface area (Å²) in [4.78, 5) is 28.7. The van der Waals surface area contributed by atoms with E-state index in [4.69, 9.17) is 0 Å². The molecule has 160 valence electrons. The number of nitrogens with zero attached hydrogens (tertiary/aromatic N) is 2. The van der Waals surface area contributed by atoms with Gasteiger partial charge in [0.1, 0.15) is 11.9 Å². The molecule has 11 heteroatoms. The van der Waals surface area contributed by atoms with Crippen LogP contribution < -0.4 is 10.6 Å². The standard InChI is InChI=1S/C18H23F3N4O3S/c1-11(2)13(24-14(26)12-5-4-10-29-12)15(27)22-7-6-17(28,18(19,20)21)16-23-8-9-25(16)3/h4-5,8-11,13,28H,6-7H2,1-3H3,(H,22,27)(H,24,26). The summed E-state index contributed by atoms with van der Waals surface area (Å²) < 4.78 is 41.6. The van der Waals surface area contributed by atoms with Gasteiger partial charge in [0.2, 0.25) is 11.5 Å². The molecule has 0 fully saturated rings. The Morgan fingerprint density at radius 3 is 2.52 bits per heavy atom. The highest BCUT2D eigenvalue weighted by Crippen LogP contribution is 2.40. The van der Waals surface area contributed by atoms with Crippen LogP contribution in [0.2, 0.25) is 0 Å². The Hall–Kier alpha value is -2.40. The number of imidazole rings is 1. The fourth-order valence-corrected chi connectivity index (χ4v) is 3.40. The smallest absolute Gasteiger partial charge is 0.374 e. The molecule has 2 rings (SSSR count). The summed E-state index contributed by atoms with van der Waals surface area (Å²) in [7, 11) is 1.34. The lowest BCUT2D eigenvalue weighted by Gasteiger charge is -2.30. The molecule has 0 saturated carbocycles. The van der Waals surface area contributed by atoms with Gasteiger partial charge in [0.25, 0.3) is 5.91 Å². The van der Waals surface area contributed by atoms with Crippen molar-refractivity contribution in [2.45, 2.75) is 38.1 Å². The van der Waals surface area contributed by atoms with Crippen LogP contribution in [0.3, 0.4) is 0 Å². The molecule has 0 bridgehead atoms. The number of carbonyl (C=O) groups is 2. The Morgan fingerprint density at radius 1 is 1.34 bits per heavy atom. The van der Waals surface area contributed by atoms with E-state index < -0.39 is 48.4 Å². The summed E-state index contributed by atoms with van der Waals surface area (Å²) in [5, 5.41) is 17.0. The average molecular weight is 432 g/mol. The maximum atomic E-state index is 13.5. The van der Waals surface area contributed by atoms with Crippen LogP contribution in [-0.2, 0) is 17.4 Å². The molecule has 7 nitrogen and oxygen atoms in total.